The van der Waals surface area contributed by atoms with Gasteiger partial charge in [-0.25, -0.2) is 4.79 Å². The Morgan fingerprint density at radius 2 is 2.50 bits per heavy atom. The van der Waals surface area contributed by atoms with Gasteiger partial charge in [-0.05, 0) is 6.42 Å². The van der Waals surface area contributed by atoms with E-state index in [2.05, 4.69) is 6.92 Å². The van der Waals surface area contributed by atoms with E-state index in [0.29, 0.717) is 12.4 Å². The van der Waals surface area contributed by atoms with Gasteiger partial charge >= 0.3 is 4.94 Å². The Labute approximate surface area is 75.0 Å². The summed E-state index contributed by atoms with van der Waals surface area (Å²) in [5, 5.41) is 1.69. The van der Waals surface area contributed by atoms with Gasteiger partial charge in [-0.15, -0.1) is 0 Å². The van der Waals surface area contributed by atoms with Crippen molar-refractivity contribution in [1.29, 1.82) is 0 Å². The molecule has 0 N–H and O–H groups in total. The molecule has 0 atom stereocenters. The molecule has 0 fully saturated rings. The van der Waals surface area contributed by atoms with Gasteiger partial charge < -0.3 is 9.15 Å². The van der Waals surface area contributed by atoms with Crippen LogP contribution in [-0.4, -0.2) is 6.61 Å². The minimum atomic E-state index is -0.260. The highest BCUT2D eigenvalue weighted by molar-refractivity contribution is 7.07. The Balaban J connectivity index is 2.20. The number of ether oxygens (including phenoxy) is 1. The fourth-order valence-electron chi connectivity index (χ4n) is 0.752. The fourth-order valence-corrected chi connectivity index (χ4v) is 1.25. The van der Waals surface area contributed by atoms with Gasteiger partial charge in [-0.1, -0.05) is 24.7 Å². The maximum atomic E-state index is 10.6. The number of hydrogen-bond acceptors (Lipinski definition) is 4. The van der Waals surface area contributed by atoms with E-state index < -0.39 is 0 Å². The topological polar surface area (TPSA) is 39.4 Å². The monoisotopic (exact) mass is 188 g/mol. The molecule has 0 spiro atoms. The first-order chi connectivity index (χ1) is 5.83. The van der Waals surface area contributed by atoms with Crippen molar-refractivity contribution in [1.82, 2.24) is 0 Å². The second kappa shape index (κ2) is 5.11. The van der Waals surface area contributed by atoms with Gasteiger partial charge in [-0.3, -0.25) is 0 Å². The van der Waals surface area contributed by atoms with E-state index in [0.717, 1.165) is 30.8 Å². The van der Waals surface area contributed by atoms with Crippen LogP contribution in [0.1, 0.15) is 25.5 Å². The predicted molar refractivity (Wildman–Crippen MR) is 47.4 cm³/mol. The highest BCUT2D eigenvalue weighted by Gasteiger charge is 1.98. The standard InChI is InChI=1S/C8H12O3S/c1-2-3-4-10-5-7-6-12-8(9)11-7/h6H,2-5H2,1H3. The van der Waals surface area contributed by atoms with E-state index in [9.17, 15) is 4.79 Å². The Morgan fingerprint density at radius 1 is 1.67 bits per heavy atom. The Morgan fingerprint density at radius 3 is 3.08 bits per heavy atom. The average molecular weight is 188 g/mol. The van der Waals surface area contributed by atoms with Gasteiger partial charge in [-0.2, -0.15) is 0 Å². The molecular formula is C8H12O3S. The summed E-state index contributed by atoms with van der Waals surface area (Å²) in [5.41, 5.74) is 0. The molecule has 12 heavy (non-hydrogen) atoms. The molecule has 1 aromatic heterocycles. The first-order valence-electron chi connectivity index (χ1n) is 3.98. The number of rotatable bonds is 5. The molecule has 0 saturated carbocycles. The van der Waals surface area contributed by atoms with E-state index in [-0.39, 0.29) is 4.94 Å². The second-order valence-electron chi connectivity index (χ2n) is 2.46. The number of unbranched alkanes of at least 4 members (excludes halogenated alkanes) is 1. The highest BCUT2D eigenvalue weighted by Crippen LogP contribution is 2.02. The Hall–Kier alpha value is -0.610. The van der Waals surface area contributed by atoms with Gasteiger partial charge in [0.05, 0.1) is 0 Å². The normalized spacial score (nSPS) is 10.4. The summed E-state index contributed by atoms with van der Waals surface area (Å²) in [4.78, 5) is 10.3. The second-order valence-corrected chi connectivity index (χ2v) is 3.26. The summed E-state index contributed by atoms with van der Waals surface area (Å²) in [6, 6.07) is 0. The lowest BCUT2D eigenvalue weighted by Gasteiger charge is -1.98. The SMILES string of the molecule is CCCCOCc1csc(=O)o1. The minimum Gasteiger partial charge on any atom is -0.417 e. The van der Waals surface area contributed by atoms with Crippen LogP contribution in [0.25, 0.3) is 0 Å². The minimum absolute atomic E-state index is 0.260. The maximum absolute atomic E-state index is 10.6. The lowest BCUT2D eigenvalue weighted by molar-refractivity contribution is 0.103. The number of hydrogen-bond donors (Lipinski definition) is 0. The van der Waals surface area contributed by atoms with Crippen LogP contribution < -0.4 is 4.94 Å². The molecule has 4 heteroatoms. The van der Waals surface area contributed by atoms with Crippen molar-refractivity contribution in [2.45, 2.75) is 26.4 Å². The molecule has 0 aliphatic rings. The first-order valence-corrected chi connectivity index (χ1v) is 4.86. The molecule has 0 aliphatic heterocycles. The average Bonchev–Trinajstić information content (AvgIpc) is 2.45. The van der Waals surface area contributed by atoms with Crippen LogP contribution in [0.15, 0.2) is 14.6 Å². The molecule has 68 valence electrons. The summed E-state index contributed by atoms with van der Waals surface area (Å²) in [5.74, 6) is 0.626. The molecular weight excluding hydrogens is 176 g/mol. The van der Waals surface area contributed by atoms with E-state index in [1.807, 2.05) is 0 Å². The summed E-state index contributed by atoms with van der Waals surface area (Å²) in [7, 11) is 0. The lowest BCUT2D eigenvalue weighted by Crippen LogP contribution is -1.94. The third-order valence-electron chi connectivity index (χ3n) is 1.39. The van der Waals surface area contributed by atoms with Gasteiger partial charge in [0.2, 0.25) is 0 Å². The van der Waals surface area contributed by atoms with Crippen molar-refractivity contribution < 1.29 is 9.15 Å². The maximum Gasteiger partial charge on any atom is 0.395 e. The lowest BCUT2D eigenvalue weighted by atomic mass is 10.4. The molecule has 0 radical (unpaired) electrons. The summed E-state index contributed by atoms with van der Waals surface area (Å²) < 4.78 is 10.0. The molecule has 0 bridgehead atoms. The van der Waals surface area contributed by atoms with Crippen LogP contribution in [0.5, 0.6) is 0 Å². The van der Waals surface area contributed by atoms with E-state index in [1.54, 1.807) is 5.38 Å². The van der Waals surface area contributed by atoms with Crippen LogP contribution in [0.3, 0.4) is 0 Å². The zero-order chi connectivity index (χ0) is 8.81. The smallest absolute Gasteiger partial charge is 0.395 e. The van der Waals surface area contributed by atoms with E-state index in [1.165, 1.54) is 0 Å². The van der Waals surface area contributed by atoms with Gasteiger partial charge in [0, 0.05) is 12.0 Å². The Kier molecular flexibility index (Phi) is 4.04. The zero-order valence-electron chi connectivity index (χ0n) is 7.04. The van der Waals surface area contributed by atoms with Gasteiger partial charge in [0.25, 0.3) is 0 Å². The molecule has 0 saturated heterocycles. The summed E-state index contributed by atoms with van der Waals surface area (Å²) in [6.07, 6.45) is 2.17. The van der Waals surface area contributed by atoms with Crippen molar-refractivity contribution in [3.8, 4) is 0 Å². The van der Waals surface area contributed by atoms with Crippen LogP contribution in [0.2, 0.25) is 0 Å². The first kappa shape index (κ1) is 9.48. The van der Waals surface area contributed by atoms with Crippen LogP contribution in [0, 0.1) is 0 Å². The third-order valence-corrected chi connectivity index (χ3v) is 2.04. The van der Waals surface area contributed by atoms with Crippen molar-refractivity contribution in [3.63, 3.8) is 0 Å². The molecule has 3 nitrogen and oxygen atoms in total. The van der Waals surface area contributed by atoms with Crippen molar-refractivity contribution in [2.24, 2.45) is 0 Å². The Bertz CT molecular complexity index is 263. The third kappa shape index (κ3) is 3.19. The summed E-state index contributed by atoms with van der Waals surface area (Å²) >= 11 is 1.07. The quantitative estimate of drug-likeness (QED) is 0.663. The van der Waals surface area contributed by atoms with Crippen LogP contribution in [-0.2, 0) is 11.3 Å². The fraction of sp³-hybridized carbons (Fsp3) is 0.625. The molecule has 0 aliphatic carbocycles. The van der Waals surface area contributed by atoms with Crippen molar-refractivity contribution in [2.75, 3.05) is 6.61 Å². The van der Waals surface area contributed by atoms with Gasteiger partial charge in [0.15, 0.2) is 0 Å². The molecule has 1 aromatic rings. The molecule has 0 aromatic carbocycles. The van der Waals surface area contributed by atoms with Crippen LogP contribution in [0.4, 0.5) is 0 Å². The molecule has 1 heterocycles. The van der Waals surface area contributed by atoms with E-state index >= 15 is 0 Å². The van der Waals surface area contributed by atoms with Crippen LogP contribution >= 0.6 is 11.3 Å². The van der Waals surface area contributed by atoms with E-state index in [4.69, 9.17) is 9.15 Å². The highest BCUT2D eigenvalue weighted by atomic mass is 32.1. The van der Waals surface area contributed by atoms with Crippen molar-refractivity contribution >= 4 is 11.3 Å². The molecule has 1 rings (SSSR count). The summed E-state index contributed by atoms with van der Waals surface area (Å²) in [6.45, 7) is 3.25. The van der Waals surface area contributed by atoms with Gasteiger partial charge in [0.1, 0.15) is 12.4 Å². The largest absolute Gasteiger partial charge is 0.417 e. The molecule has 0 unspecified atom stereocenters. The van der Waals surface area contributed by atoms with Crippen molar-refractivity contribution in [3.05, 3.63) is 20.9 Å². The molecule has 0 amide bonds. The predicted octanol–water partition coefficient (Wildman–Crippen LogP) is 2.02. The zero-order valence-corrected chi connectivity index (χ0v) is 7.86.